The number of carbonyl (C=O) groups is 2. The van der Waals surface area contributed by atoms with Crippen LogP contribution in [-0.2, 0) is 17.8 Å². The molecule has 0 unspecified atom stereocenters. The van der Waals surface area contributed by atoms with Crippen LogP contribution in [0, 0.1) is 0 Å². The molecule has 0 saturated carbocycles. The van der Waals surface area contributed by atoms with Gasteiger partial charge in [-0.1, -0.05) is 12.1 Å². The lowest BCUT2D eigenvalue weighted by Crippen LogP contribution is -2.42. The first-order valence-corrected chi connectivity index (χ1v) is 8.90. The van der Waals surface area contributed by atoms with Crippen LogP contribution in [0.3, 0.4) is 0 Å². The number of hydrogen-bond acceptors (Lipinski definition) is 4. The van der Waals surface area contributed by atoms with Gasteiger partial charge in [-0.25, -0.2) is 4.98 Å². The molecule has 0 aliphatic carbocycles. The molecule has 2 amide bonds. The zero-order valence-corrected chi connectivity index (χ0v) is 15.8. The lowest BCUT2D eigenvalue weighted by atomic mass is 10.1. The van der Waals surface area contributed by atoms with Gasteiger partial charge in [-0.05, 0) is 45.0 Å². The number of amides is 2. The molecule has 0 atom stereocenters. The number of nitrogens with one attached hydrogen (secondary N) is 2. The average Bonchev–Trinajstić information content (AvgIpc) is 3.22. The van der Waals surface area contributed by atoms with Crippen LogP contribution in [0.4, 0.5) is 0 Å². The first-order chi connectivity index (χ1) is 12.8. The predicted molar refractivity (Wildman–Crippen MR) is 102 cm³/mol. The molecule has 0 bridgehead atoms. The molecule has 142 valence electrons. The van der Waals surface area contributed by atoms with E-state index in [-0.39, 0.29) is 29.7 Å². The minimum absolute atomic E-state index is 0.0773. The van der Waals surface area contributed by atoms with Crippen molar-refractivity contribution in [3.63, 3.8) is 0 Å². The topological polar surface area (TPSA) is 89.2 Å². The second-order valence-electron chi connectivity index (χ2n) is 7.38. The maximum atomic E-state index is 12.4. The number of rotatable bonds is 6. The lowest BCUT2D eigenvalue weighted by Gasteiger charge is -2.21. The van der Waals surface area contributed by atoms with Gasteiger partial charge < -0.3 is 19.6 Å². The van der Waals surface area contributed by atoms with E-state index in [1.165, 1.54) is 6.26 Å². The van der Waals surface area contributed by atoms with Gasteiger partial charge in [0.15, 0.2) is 5.76 Å². The lowest BCUT2D eigenvalue weighted by molar-refractivity contribution is -0.123. The predicted octanol–water partition coefficient (Wildman–Crippen LogP) is 2.52. The van der Waals surface area contributed by atoms with E-state index in [0.717, 1.165) is 16.9 Å². The third-order valence-corrected chi connectivity index (χ3v) is 3.93. The Morgan fingerprint density at radius 3 is 2.63 bits per heavy atom. The van der Waals surface area contributed by atoms with Crippen LogP contribution in [0.5, 0.6) is 0 Å². The number of furan rings is 1. The van der Waals surface area contributed by atoms with Crippen LogP contribution < -0.4 is 10.6 Å². The fourth-order valence-electron chi connectivity index (χ4n) is 2.88. The van der Waals surface area contributed by atoms with Crippen molar-refractivity contribution >= 4 is 22.8 Å². The number of benzene rings is 1. The second kappa shape index (κ2) is 7.65. The van der Waals surface area contributed by atoms with Crippen LogP contribution in [0.1, 0.15) is 37.2 Å². The number of aromatic nitrogens is 2. The molecule has 7 nitrogen and oxygen atoms in total. The Labute approximate surface area is 157 Å². The smallest absolute Gasteiger partial charge is 0.286 e. The maximum Gasteiger partial charge on any atom is 0.286 e. The minimum atomic E-state index is -0.301. The van der Waals surface area contributed by atoms with Crippen LogP contribution in [-0.4, -0.2) is 33.4 Å². The van der Waals surface area contributed by atoms with E-state index in [4.69, 9.17) is 4.42 Å². The molecule has 2 heterocycles. The summed E-state index contributed by atoms with van der Waals surface area (Å²) in [7, 11) is 0. The molecule has 0 fully saturated rings. The molecule has 2 N–H and O–H groups in total. The van der Waals surface area contributed by atoms with Gasteiger partial charge in [0.2, 0.25) is 5.91 Å². The highest BCUT2D eigenvalue weighted by atomic mass is 16.3. The van der Waals surface area contributed by atoms with Crippen molar-refractivity contribution in [3.05, 3.63) is 54.2 Å². The molecule has 0 saturated heterocycles. The third kappa shape index (κ3) is 4.75. The van der Waals surface area contributed by atoms with E-state index < -0.39 is 0 Å². The standard InChI is InChI=1S/C20H24N4O3/c1-20(2,3)23-18(25)13-24-15-8-5-4-7-14(15)22-17(24)10-11-21-19(26)16-9-6-12-27-16/h4-9,12H,10-11,13H2,1-3H3,(H,21,26)(H,23,25). The molecule has 0 aliphatic rings. The van der Waals surface area contributed by atoms with Crippen LogP contribution in [0.2, 0.25) is 0 Å². The van der Waals surface area contributed by atoms with E-state index in [9.17, 15) is 9.59 Å². The number of nitrogens with zero attached hydrogens (tertiary/aromatic N) is 2. The summed E-state index contributed by atoms with van der Waals surface area (Å²) in [6, 6.07) is 11.0. The molecule has 2 aromatic heterocycles. The molecule has 27 heavy (non-hydrogen) atoms. The highest BCUT2D eigenvalue weighted by Gasteiger charge is 2.18. The summed E-state index contributed by atoms with van der Waals surface area (Å²) >= 11 is 0. The number of hydrogen-bond donors (Lipinski definition) is 2. The van der Waals surface area contributed by atoms with E-state index in [1.54, 1.807) is 12.1 Å². The van der Waals surface area contributed by atoms with Gasteiger partial charge in [0.1, 0.15) is 12.4 Å². The van der Waals surface area contributed by atoms with Gasteiger partial charge in [0.05, 0.1) is 17.3 Å². The molecule has 3 aromatic rings. The fraction of sp³-hybridized carbons (Fsp3) is 0.350. The van der Waals surface area contributed by atoms with Crippen LogP contribution in [0.15, 0.2) is 47.1 Å². The Balaban J connectivity index is 1.74. The van der Waals surface area contributed by atoms with Crippen LogP contribution in [0.25, 0.3) is 11.0 Å². The molecular weight excluding hydrogens is 344 g/mol. The summed E-state index contributed by atoms with van der Waals surface area (Å²) in [5, 5.41) is 5.78. The van der Waals surface area contributed by atoms with Crippen molar-refractivity contribution in [2.75, 3.05) is 6.54 Å². The van der Waals surface area contributed by atoms with Crippen molar-refractivity contribution in [2.24, 2.45) is 0 Å². The first-order valence-electron chi connectivity index (χ1n) is 8.90. The molecular formula is C20H24N4O3. The number of carbonyl (C=O) groups excluding carboxylic acids is 2. The van der Waals surface area contributed by atoms with Gasteiger partial charge in [0, 0.05) is 18.5 Å². The number of fused-ring (bicyclic) bond motifs is 1. The Kier molecular flexibility index (Phi) is 5.30. The summed E-state index contributed by atoms with van der Waals surface area (Å²) in [5.41, 5.74) is 1.42. The van der Waals surface area contributed by atoms with Crippen molar-refractivity contribution in [2.45, 2.75) is 39.3 Å². The molecule has 7 heteroatoms. The Bertz CT molecular complexity index is 936. The quantitative estimate of drug-likeness (QED) is 0.700. The van der Waals surface area contributed by atoms with Crippen LogP contribution >= 0.6 is 0 Å². The second-order valence-corrected chi connectivity index (χ2v) is 7.38. The first kappa shape index (κ1) is 18.7. The third-order valence-electron chi connectivity index (χ3n) is 3.93. The van der Waals surface area contributed by atoms with Crippen molar-refractivity contribution in [1.82, 2.24) is 20.2 Å². The summed E-state index contributed by atoms with van der Waals surface area (Å²) in [6.07, 6.45) is 1.96. The molecule has 0 spiro atoms. The van der Waals surface area contributed by atoms with Gasteiger partial charge in [-0.2, -0.15) is 0 Å². The zero-order chi connectivity index (χ0) is 19.4. The Morgan fingerprint density at radius 2 is 1.93 bits per heavy atom. The molecule has 3 rings (SSSR count). The molecule has 1 aromatic carbocycles. The fourth-order valence-corrected chi connectivity index (χ4v) is 2.88. The largest absolute Gasteiger partial charge is 0.459 e. The Hall–Kier alpha value is -3.09. The molecule has 0 radical (unpaired) electrons. The zero-order valence-electron chi connectivity index (χ0n) is 15.8. The normalized spacial score (nSPS) is 11.5. The van der Waals surface area contributed by atoms with E-state index in [0.29, 0.717) is 13.0 Å². The summed E-state index contributed by atoms with van der Waals surface area (Å²) in [4.78, 5) is 29.0. The summed E-state index contributed by atoms with van der Waals surface area (Å²) in [5.74, 6) is 0.674. The number of imidazole rings is 1. The highest BCUT2D eigenvalue weighted by molar-refractivity contribution is 5.91. The highest BCUT2D eigenvalue weighted by Crippen LogP contribution is 2.16. The van der Waals surface area contributed by atoms with E-state index in [1.807, 2.05) is 49.6 Å². The van der Waals surface area contributed by atoms with Gasteiger partial charge >= 0.3 is 0 Å². The van der Waals surface area contributed by atoms with E-state index in [2.05, 4.69) is 15.6 Å². The summed E-state index contributed by atoms with van der Waals surface area (Å²) in [6.45, 7) is 6.41. The summed E-state index contributed by atoms with van der Waals surface area (Å²) < 4.78 is 6.98. The van der Waals surface area contributed by atoms with E-state index >= 15 is 0 Å². The Morgan fingerprint density at radius 1 is 1.15 bits per heavy atom. The minimum Gasteiger partial charge on any atom is -0.459 e. The monoisotopic (exact) mass is 368 g/mol. The van der Waals surface area contributed by atoms with Crippen molar-refractivity contribution in [1.29, 1.82) is 0 Å². The average molecular weight is 368 g/mol. The van der Waals surface area contributed by atoms with Gasteiger partial charge in [0.25, 0.3) is 5.91 Å². The maximum absolute atomic E-state index is 12.4. The van der Waals surface area contributed by atoms with Crippen molar-refractivity contribution in [3.8, 4) is 0 Å². The molecule has 0 aliphatic heterocycles. The van der Waals surface area contributed by atoms with Gasteiger partial charge in [-0.3, -0.25) is 9.59 Å². The van der Waals surface area contributed by atoms with Gasteiger partial charge in [-0.15, -0.1) is 0 Å². The number of para-hydroxylation sites is 2. The van der Waals surface area contributed by atoms with Crippen molar-refractivity contribution < 1.29 is 14.0 Å². The SMILES string of the molecule is CC(C)(C)NC(=O)Cn1c(CCNC(=O)c2ccco2)nc2ccccc21.